The highest BCUT2D eigenvalue weighted by atomic mass is 35.5. The molecule has 2 heterocycles. The molecule has 2 aromatic carbocycles. The van der Waals surface area contributed by atoms with Gasteiger partial charge in [-0.25, -0.2) is 9.79 Å². The molecule has 0 unspecified atom stereocenters. The number of esters is 1. The normalized spacial score (nSPS) is 15.9. The van der Waals surface area contributed by atoms with Crippen molar-refractivity contribution in [3.8, 4) is 5.75 Å². The van der Waals surface area contributed by atoms with Crippen molar-refractivity contribution < 1.29 is 14.3 Å². The maximum absolute atomic E-state index is 13.5. The number of benzene rings is 2. The van der Waals surface area contributed by atoms with E-state index in [9.17, 15) is 9.59 Å². The highest BCUT2D eigenvalue weighted by Gasteiger charge is 2.33. The van der Waals surface area contributed by atoms with Crippen LogP contribution >= 0.6 is 22.9 Å². The first kappa shape index (κ1) is 22.0. The summed E-state index contributed by atoms with van der Waals surface area (Å²) < 4.78 is 12.7. The predicted octanol–water partition coefficient (Wildman–Crippen LogP) is 3.46. The molecule has 1 aromatic heterocycles. The van der Waals surface area contributed by atoms with Crippen molar-refractivity contribution in [3.05, 3.63) is 95.6 Å². The summed E-state index contributed by atoms with van der Waals surface area (Å²) in [6, 6.07) is 13.9. The maximum atomic E-state index is 13.5. The monoisotopic (exact) mass is 468 g/mol. The molecule has 0 saturated carbocycles. The first-order valence-electron chi connectivity index (χ1n) is 10.0. The first-order valence-corrected chi connectivity index (χ1v) is 11.2. The number of aromatic nitrogens is 1. The van der Waals surface area contributed by atoms with Crippen LogP contribution in [-0.4, -0.2) is 24.3 Å². The lowest BCUT2D eigenvalue weighted by Gasteiger charge is -2.25. The van der Waals surface area contributed by atoms with Crippen LogP contribution in [0.15, 0.2) is 69.6 Å². The Kier molecular flexibility index (Phi) is 6.30. The molecular formula is C24H21ClN2O4S. The molecule has 0 amide bonds. The van der Waals surface area contributed by atoms with E-state index in [4.69, 9.17) is 21.1 Å². The van der Waals surface area contributed by atoms with Crippen molar-refractivity contribution in [3.63, 3.8) is 0 Å². The van der Waals surface area contributed by atoms with Gasteiger partial charge in [0.1, 0.15) is 5.75 Å². The zero-order valence-corrected chi connectivity index (χ0v) is 19.4. The van der Waals surface area contributed by atoms with Gasteiger partial charge in [0, 0.05) is 5.02 Å². The van der Waals surface area contributed by atoms with Crippen LogP contribution in [0.25, 0.3) is 6.08 Å². The van der Waals surface area contributed by atoms with E-state index < -0.39 is 12.0 Å². The van der Waals surface area contributed by atoms with Crippen molar-refractivity contribution in [2.45, 2.75) is 19.9 Å². The van der Waals surface area contributed by atoms with Crippen LogP contribution in [0.4, 0.5) is 0 Å². The van der Waals surface area contributed by atoms with E-state index >= 15 is 0 Å². The lowest BCUT2D eigenvalue weighted by Crippen LogP contribution is -2.39. The number of fused-ring (bicyclic) bond motifs is 1. The Labute approximate surface area is 193 Å². The number of nitrogens with zero attached hydrogens (tertiary/aromatic N) is 2. The predicted molar refractivity (Wildman–Crippen MR) is 125 cm³/mol. The molecule has 4 rings (SSSR count). The molecule has 3 aromatic rings. The topological polar surface area (TPSA) is 69.9 Å². The van der Waals surface area contributed by atoms with Crippen LogP contribution < -0.4 is 19.6 Å². The molecule has 0 N–H and O–H groups in total. The summed E-state index contributed by atoms with van der Waals surface area (Å²) in [6.45, 7) is 3.72. The largest absolute Gasteiger partial charge is 0.497 e. The third-order valence-electron chi connectivity index (χ3n) is 5.12. The van der Waals surface area contributed by atoms with Gasteiger partial charge in [-0.1, -0.05) is 53.3 Å². The third kappa shape index (κ3) is 4.01. The Morgan fingerprint density at radius 1 is 1.25 bits per heavy atom. The van der Waals surface area contributed by atoms with E-state index in [1.807, 2.05) is 42.5 Å². The Morgan fingerprint density at radius 2 is 2.03 bits per heavy atom. The summed E-state index contributed by atoms with van der Waals surface area (Å²) in [5.41, 5.74) is 2.06. The number of hydrogen-bond donors (Lipinski definition) is 0. The van der Waals surface area contributed by atoms with Gasteiger partial charge in [0.05, 0.1) is 35.6 Å². The second-order valence-corrected chi connectivity index (χ2v) is 8.52. The third-order valence-corrected chi connectivity index (χ3v) is 6.45. The number of halogens is 1. The minimum Gasteiger partial charge on any atom is -0.497 e. The zero-order chi connectivity index (χ0) is 22.8. The fourth-order valence-corrected chi connectivity index (χ4v) is 4.88. The SMILES string of the molecule is CCOC(=O)C1=C(C)N=c2s/c(=C\c3ccccc3Cl)c(=O)n2[C@@H]1c1cccc(OC)c1. The van der Waals surface area contributed by atoms with Gasteiger partial charge in [0.25, 0.3) is 5.56 Å². The quantitative estimate of drug-likeness (QED) is 0.538. The van der Waals surface area contributed by atoms with E-state index in [1.54, 1.807) is 37.7 Å². The molecule has 164 valence electrons. The number of rotatable bonds is 5. The highest BCUT2D eigenvalue weighted by molar-refractivity contribution is 7.07. The Balaban J connectivity index is 1.98. The fourth-order valence-electron chi connectivity index (χ4n) is 3.65. The van der Waals surface area contributed by atoms with E-state index in [0.29, 0.717) is 31.4 Å². The van der Waals surface area contributed by atoms with Crippen molar-refractivity contribution in [1.82, 2.24) is 4.57 Å². The number of ether oxygens (including phenoxy) is 2. The fraction of sp³-hybridized carbons (Fsp3) is 0.208. The average Bonchev–Trinajstić information content (AvgIpc) is 3.09. The number of carbonyl (C=O) groups is 1. The lowest BCUT2D eigenvalue weighted by atomic mass is 9.95. The summed E-state index contributed by atoms with van der Waals surface area (Å²) >= 11 is 7.55. The standard InChI is InChI=1S/C24H21ClN2O4S/c1-4-31-23(29)20-14(2)26-24-27(21(20)16-9-7-10-17(12-16)30-3)22(28)19(32-24)13-15-8-5-6-11-18(15)25/h5-13,21H,4H2,1-3H3/b19-13-/t21-/m1/s1. The van der Waals surface area contributed by atoms with E-state index in [2.05, 4.69) is 4.99 Å². The van der Waals surface area contributed by atoms with Crippen molar-refractivity contribution in [1.29, 1.82) is 0 Å². The number of thiazole rings is 1. The molecule has 6 nitrogen and oxygen atoms in total. The summed E-state index contributed by atoms with van der Waals surface area (Å²) in [5, 5.41) is 0.547. The van der Waals surface area contributed by atoms with Crippen molar-refractivity contribution in [2.75, 3.05) is 13.7 Å². The smallest absolute Gasteiger partial charge is 0.338 e. The van der Waals surface area contributed by atoms with Crippen molar-refractivity contribution >= 4 is 35.0 Å². The Bertz CT molecular complexity index is 1400. The minimum atomic E-state index is -0.686. The molecule has 0 saturated heterocycles. The second-order valence-electron chi connectivity index (χ2n) is 7.10. The minimum absolute atomic E-state index is 0.220. The second kappa shape index (κ2) is 9.14. The van der Waals surface area contributed by atoms with Gasteiger partial charge in [-0.3, -0.25) is 9.36 Å². The van der Waals surface area contributed by atoms with Crippen LogP contribution in [0, 0.1) is 0 Å². The van der Waals surface area contributed by atoms with E-state index in [-0.39, 0.29) is 12.2 Å². The molecular weight excluding hydrogens is 448 g/mol. The van der Waals surface area contributed by atoms with E-state index in [0.717, 1.165) is 11.1 Å². The van der Waals surface area contributed by atoms with Gasteiger partial charge in [-0.15, -0.1) is 0 Å². The molecule has 0 radical (unpaired) electrons. The summed E-state index contributed by atoms with van der Waals surface area (Å²) in [5.74, 6) is 0.125. The highest BCUT2D eigenvalue weighted by Crippen LogP contribution is 2.32. The van der Waals surface area contributed by atoms with Gasteiger partial charge in [0.15, 0.2) is 4.80 Å². The van der Waals surface area contributed by atoms with Crippen LogP contribution in [0.5, 0.6) is 5.75 Å². The zero-order valence-electron chi connectivity index (χ0n) is 17.8. The van der Waals surface area contributed by atoms with Gasteiger partial charge in [-0.05, 0) is 49.2 Å². The molecule has 0 spiro atoms. The maximum Gasteiger partial charge on any atom is 0.338 e. The number of carbonyl (C=O) groups excluding carboxylic acids is 1. The molecule has 1 aliphatic rings. The number of allylic oxidation sites excluding steroid dienone is 1. The molecule has 0 bridgehead atoms. The number of methoxy groups -OCH3 is 1. The van der Waals surface area contributed by atoms with E-state index in [1.165, 1.54) is 11.3 Å². The van der Waals surface area contributed by atoms with Gasteiger partial charge in [-0.2, -0.15) is 0 Å². The molecule has 0 fully saturated rings. The molecule has 8 heteroatoms. The van der Waals surface area contributed by atoms with Gasteiger partial charge < -0.3 is 9.47 Å². The molecule has 32 heavy (non-hydrogen) atoms. The molecule has 1 atom stereocenters. The number of hydrogen-bond acceptors (Lipinski definition) is 6. The van der Waals surface area contributed by atoms with Crippen LogP contribution in [-0.2, 0) is 9.53 Å². The van der Waals surface area contributed by atoms with Crippen LogP contribution in [0.3, 0.4) is 0 Å². The average molecular weight is 469 g/mol. The summed E-state index contributed by atoms with van der Waals surface area (Å²) in [6.07, 6.45) is 1.75. The van der Waals surface area contributed by atoms with Gasteiger partial charge in [0.2, 0.25) is 0 Å². The van der Waals surface area contributed by atoms with Crippen LogP contribution in [0.2, 0.25) is 5.02 Å². The Hall–Kier alpha value is -3.16. The Morgan fingerprint density at radius 3 is 2.75 bits per heavy atom. The lowest BCUT2D eigenvalue weighted by molar-refractivity contribution is -0.139. The van der Waals surface area contributed by atoms with Crippen molar-refractivity contribution in [2.24, 2.45) is 4.99 Å². The molecule has 1 aliphatic heterocycles. The summed E-state index contributed by atoms with van der Waals surface area (Å²) in [4.78, 5) is 31.5. The first-order chi connectivity index (χ1) is 15.4. The molecule has 0 aliphatic carbocycles. The van der Waals surface area contributed by atoms with Crippen LogP contribution in [0.1, 0.15) is 31.0 Å². The summed E-state index contributed by atoms with van der Waals surface area (Å²) in [7, 11) is 1.57. The van der Waals surface area contributed by atoms with Gasteiger partial charge >= 0.3 is 5.97 Å².